The molecule has 4 nitrogen and oxygen atoms in total. The third-order valence-electron chi connectivity index (χ3n) is 3.22. The van der Waals surface area contributed by atoms with Crippen LogP contribution in [0.25, 0.3) is 0 Å². The van der Waals surface area contributed by atoms with Gasteiger partial charge >= 0.3 is 5.97 Å². The number of nitrogens with zero attached hydrogens (tertiary/aromatic N) is 1. The van der Waals surface area contributed by atoms with Crippen molar-refractivity contribution >= 4 is 29.0 Å². The molecule has 0 fully saturated rings. The Bertz CT molecular complexity index is 577. The molecule has 5 heteroatoms. The Morgan fingerprint density at radius 3 is 2.27 bits per heavy atom. The zero-order chi connectivity index (χ0) is 17.1. The minimum absolute atomic E-state index is 0.118. The number of benzene rings is 1. The van der Waals surface area contributed by atoms with Crippen LogP contribution >= 0.6 is 12.2 Å². The van der Waals surface area contributed by atoms with Crippen molar-refractivity contribution in [2.24, 2.45) is 0 Å². The minimum atomic E-state index is -0.488. The molecule has 0 radical (unpaired) electrons. The maximum atomic E-state index is 11.8. The zero-order valence-corrected chi connectivity index (χ0v) is 15.4. The highest BCUT2D eigenvalue weighted by Gasteiger charge is 2.18. The average molecular weight is 322 g/mol. The van der Waals surface area contributed by atoms with Crippen LogP contribution in [0.4, 0.5) is 5.69 Å². The lowest BCUT2D eigenvalue weighted by atomic mass is 10.1. The Labute approximate surface area is 138 Å². The summed E-state index contributed by atoms with van der Waals surface area (Å²) in [5.41, 5.74) is 4.04. The number of rotatable bonds is 3. The molecule has 22 heavy (non-hydrogen) atoms. The largest absolute Gasteiger partial charge is 0.459 e. The van der Waals surface area contributed by atoms with E-state index >= 15 is 0 Å². The molecule has 0 aliphatic rings. The number of carbonyl (C=O) groups is 1. The second-order valence-corrected chi connectivity index (χ2v) is 7.01. The highest BCUT2D eigenvalue weighted by atomic mass is 32.1. The SMILES string of the molecule is Cc1cc(C)c(NC(=S)N(C)CC(=O)OC(C)(C)C)cc1C. The number of anilines is 1. The molecule has 0 bridgehead atoms. The number of aryl methyl sites for hydroxylation is 3. The van der Waals surface area contributed by atoms with Crippen molar-refractivity contribution in [1.29, 1.82) is 0 Å². The molecule has 0 aliphatic carbocycles. The van der Waals surface area contributed by atoms with Gasteiger partial charge in [0.1, 0.15) is 12.1 Å². The summed E-state index contributed by atoms with van der Waals surface area (Å²) < 4.78 is 5.30. The summed E-state index contributed by atoms with van der Waals surface area (Å²) in [5.74, 6) is -0.295. The van der Waals surface area contributed by atoms with E-state index in [4.69, 9.17) is 17.0 Å². The van der Waals surface area contributed by atoms with Crippen molar-refractivity contribution in [3.8, 4) is 0 Å². The number of nitrogens with one attached hydrogen (secondary N) is 1. The van der Waals surface area contributed by atoms with Gasteiger partial charge in [0.15, 0.2) is 5.11 Å². The molecule has 0 aliphatic heterocycles. The van der Waals surface area contributed by atoms with E-state index in [-0.39, 0.29) is 12.5 Å². The summed E-state index contributed by atoms with van der Waals surface area (Å²) in [5, 5.41) is 3.69. The first-order chi connectivity index (χ1) is 9.99. The van der Waals surface area contributed by atoms with Crippen molar-refractivity contribution in [3.63, 3.8) is 0 Å². The normalized spacial score (nSPS) is 11.0. The second kappa shape index (κ2) is 7.09. The average Bonchev–Trinajstić information content (AvgIpc) is 2.33. The van der Waals surface area contributed by atoms with E-state index in [2.05, 4.69) is 31.3 Å². The standard InChI is InChI=1S/C17H26N2O2S/c1-11-8-13(3)14(9-12(11)2)18-16(22)19(7)10-15(20)21-17(4,5)6/h8-9H,10H2,1-7H3,(H,18,22). The van der Waals surface area contributed by atoms with Gasteiger partial charge < -0.3 is 15.0 Å². The molecule has 0 amide bonds. The lowest BCUT2D eigenvalue weighted by molar-refractivity contribution is -0.154. The third kappa shape index (κ3) is 5.64. The summed E-state index contributed by atoms with van der Waals surface area (Å²) in [6.07, 6.45) is 0. The van der Waals surface area contributed by atoms with Crippen molar-refractivity contribution < 1.29 is 9.53 Å². The Kier molecular flexibility index (Phi) is 5.94. The monoisotopic (exact) mass is 322 g/mol. The first kappa shape index (κ1) is 18.4. The van der Waals surface area contributed by atoms with Gasteiger partial charge in [-0.15, -0.1) is 0 Å². The number of carbonyl (C=O) groups excluding carboxylic acids is 1. The van der Waals surface area contributed by atoms with E-state index in [0.29, 0.717) is 5.11 Å². The lowest BCUT2D eigenvalue weighted by Crippen LogP contribution is -2.38. The van der Waals surface area contributed by atoms with Crippen LogP contribution in [-0.2, 0) is 9.53 Å². The molecular formula is C17H26N2O2S. The highest BCUT2D eigenvalue weighted by Crippen LogP contribution is 2.20. The maximum absolute atomic E-state index is 11.8. The van der Waals surface area contributed by atoms with Crippen LogP contribution in [0.15, 0.2) is 12.1 Å². The smallest absolute Gasteiger partial charge is 0.326 e. The van der Waals surface area contributed by atoms with Gasteiger partial charge in [-0.1, -0.05) is 6.07 Å². The molecule has 0 unspecified atom stereocenters. The van der Waals surface area contributed by atoms with Crippen molar-refractivity contribution in [1.82, 2.24) is 4.90 Å². The van der Waals surface area contributed by atoms with Crippen LogP contribution in [0.2, 0.25) is 0 Å². The van der Waals surface area contributed by atoms with Crippen LogP contribution < -0.4 is 5.32 Å². The summed E-state index contributed by atoms with van der Waals surface area (Å²) in [6.45, 7) is 11.8. The van der Waals surface area contributed by atoms with Gasteiger partial charge in [0.25, 0.3) is 0 Å². The first-order valence-electron chi connectivity index (χ1n) is 7.31. The Morgan fingerprint density at radius 2 is 1.73 bits per heavy atom. The van der Waals surface area contributed by atoms with E-state index in [1.165, 1.54) is 11.1 Å². The summed E-state index contributed by atoms with van der Waals surface area (Å²) in [7, 11) is 1.77. The van der Waals surface area contributed by atoms with E-state index < -0.39 is 5.60 Å². The molecule has 1 rings (SSSR count). The van der Waals surface area contributed by atoms with E-state index in [1.54, 1.807) is 11.9 Å². The molecule has 0 saturated heterocycles. The summed E-state index contributed by atoms with van der Waals surface area (Å²) in [4.78, 5) is 13.5. The van der Waals surface area contributed by atoms with Crippen LogP contribution in [0.5, 0.6) is 0 Å². The van der Waals surface area contributed by atoms with Crippen molar-refractivity contribution in [2.45, 2.75) is 47.1 Å². The molecule has 1 aromatic carbocycles. The molecule has 1 aromatic rings. The van der Waals surface area contributed by atoms with Gasteiger partial charge in [-0.3, -0.25) is 4.79 Å². The number of ether oxygens (including phenoxy) is 1. The number of hydrogen-bond donors (Lipinski definition) is 1. The van der Waals surface area contributed by atoms with Crippen LogP contribution in [0.3, 0.4) is 0 Å². The number of likely N-dealkylation sites (N-methyl/N-ethyl adjacent to an activating group) is 1. The fourth-order valence-electron chi connectivity index (χ4n) is 1.95. The number of thiocarbonyl (C=S) groups is 1. The molecule has 0 aromatic heterocycles. The second-order valence-electron chi connectivity index (χ2n) is 6.62. The van der Waals surface area contributed by atoms with Crippen molar-refractivity contribution in [3.05, 3.63) is 28.8 Å². The van der Waals surface area contributed by atoms with E-state index in [1.807, 2.05) is 27.7 Å². The third-order valence-corrected chi connectivity index (χ3v) is 3.63. The molecule has 0 saturated carbocycles. The first-order valence-corrected chi connectivity index (χ1v) is 7.72. The quantitative estimate of drug-likeness (QED) is 0.680. The van der Waals surface area contributed by atoms with E-state index in [0.717, 1.165) is 11.3 Å². The highest BCUT2D eigenvalue weighted by molar-refractivity contribution is 7.80. The number of esters is 1. The van der Waals surface area contributed by atoms with Crippen LogP contribution in [0, 0.1) is 20.8 Å². The number of hydrogen-bond acceptors (Lipinski definition) is 3. The maximum Gasteiger partial charge on any atom is 0.326 e. The molecule has 122 valence electrons. The van der Waals surface area contributed by atoms with Crippen LogP contribution in [0.1, 0.15) is 37.5 Å². The molecule has 0 spiro atoms. The van der Waals surface area contributed by atoms with Gasteiger partial charge in [0.05, 0.1) is 0 Å². The molecular weight excluding hydrogens is 296 g/mol. The lowest BCUT2D eigenvalue weighted by Gasteiger charge is -2.24. The summed E-state index contributed by atoms with van der Waals surface area (Å²) >= 11 is 5.36. The van der Waals surface area contributed by atoms with Gasteiger partial charge in [0, 0.05) is 12.7 Å². The minimum Gasteiger partial charge on any atom is -0.459 e. The van der Waals surface area contributed by atoms with Crippen molar-refractivity contribution in [2.75, 3.05) is 18.9 Å². The molecule has 0 heterocycles. The van der Waals surface area contributed by atoms with Crippen LogP contribution in [-0.4, -0.2) is 35.2 Å². The fourth-order valence-corrected chi connectivity index (χ4v) is 2.12. The van der Waals surface area contributed by atoms with Gasteiger partial charge in [-0.25, -0.2) is 0 Å². The van der Waals surface area contributed by atoms with Gasteiger partial charge in [-0.05, 0) is 76.5 Å². The summed E-state index contributed by atoms with van der Waals surface area (Å²) in [6, 6.07) is 4.19. The topological polar surface area (TPSA) is 41.6 Å². The van der Waals surface area contributed by atoms with Gasteiger partial charge in [0.2, 0.25) is 0 Å². The van der Waals surface area contributed by atoms with E-state index in [9.17, 15) is 4.79 Å². The molecule has 0 atom stereocenters. The van der Waals surface area contributed by atoms with Gasteiger partial charge in [-0.2, -0.15) is 0 Å². The Balaban J connectivity index is 2.69. The zero-order valence-electron chi connectivity index (χ0n) is 14.5. The Hall–Kier alpha value is -1.62. The predicted octanol–water partition coefficient (Wildman–Crippen LogP) is 3.58. The predicted molar refractivity (Wildman–Crippen MR) is 95.3 cm³/mol. The fraction of sp³-hybridized carbons (Fsp3) is 0.529. The molecule has 1 N–H and O–H groups in total. The Morgan fingerprint density at radius 1 is 1.18 bits per heavy atom.